The highest BCUT2D eigenvalue weighted by Crippen LogP contribution is 2.31. The summed E-state index contributed by atoms with van der Waals surface area (Å²) in [5.41, 5.74) is 3.33. The number of benzene rings is 3. The second kappa shape index (κ2) is 11.9. The lowest BCUT2D eigenvalue weighted by Gasteiger charge is -2.09. The molecule has 0 heterocycles. The molecule has 0 aliphatic heterocycles. The summed E-state index contributed by atoms with van der Waals surface area (Å²) in [7, 11) is 2.99. The van der Waals surface area contributed by atoms with Gasteiger partial charge in [0.1, 0.15) is 16.5 Å². The van der Waals surface area contributed by atoms with Crippen LogP contribution < -0.4 is 24.4 Å². The Kier molecular flexibility index (Phi) is 8.73. The number of carbonyl (C=O) groups is 2. The Morgan fingerprint density at radius 1 is 0.941 bits per heavy atom. The zero-order chi connectivity index (χ0) is 24.5. The van der Waals surface area contributed by atoms with E-state index in [0.717, 1.165) is 0 Å². The van der Waals surface area contributed by atoms with Gasteiger partial charge in [0.05, 0.1) is 31.0 Å². The molecule has 0 radical (unpaired) electrons. The van der Waals surface area contributed by atoms with E-state index < -0.39 is 11.9 Å². The maximum absolute atomic E-state index is 12.4. The predicted octanol–water partition coefficient (Wildman–Crippen LogP) is 4.76. The Bertz CT molecular complexity index is 1200. The van der Waals surface area contributed by atoms with Crippen molar-refractivity contribution in [3.05, 3.63) is 81.8 Å². The van der Waals surface area contributed by atoms with Gasteiger partial charge in [-0.25, -0.2) is 10.2 Å². The fourth-order valence-electron chi connectivity index (χ4n) is 2.70. The zero-order valence-electron chi connectivity index (χ0n) is 18.2. The first-order chi connectivity index (χ1) is 16.4. The number of rotatable bonds is 9. The SMILES string of the molecule is COc1ccc(C(=O)Oc2ccc(C=NNC(=O)COc3cccc(Cl)c3Cl)cc2)cc1OC. The Balaban J connectivity index is 1.50. The normalized spacial score (nSPS) is 10.6. The molecule has 3 aromatic carbocycles. The molecule has 34 heavy (non-hydrogen) atoms. The average Bonchev–Trinajstić information content (AvgIpc) is 2.85. The summed E-state index contributed by atoms with van der Waals surface area (Å²) >= 11 is 11.9. The smallest absolute Gasteiger partial charge is 0.343 e. The van der Waals surface area contributed by atoms with E-state index in [9.17, 15) is 9.59 Å². The van der Waals surface area contributed by atoms with E-state index in [1.807, 2.05) is 0 Å². The molecule has 0 aliphatic carbocycles. The first-order valence-electron chi connectivity index (χ1n) is 9.84. The van der Waals surface area contributed by atoms with E-state index in [-0.39, 0.29) is 11.6 Å². The van der Waals surface area contributed by atoms with Gasteiger partial charge in [-0.3, -0.25) is 4.79 Å². The van der Waals surface area contributed by atoms with Gasteiger partial charge >= 0.3 is 5.97 Å². The number of esters is 1. The van der Waals surface area contributed by atoms with Gasteiger partial charge in [-0.1, -0.05) is 29.3 Å². The van der Waals surface area contributed by atoms with Gasteiger partial charge in [0, 0.05) is 0 Å². The monoisotopic (exact) mass is 502 g/mol. The highest BCUT2D eigenvalue weighted by atomic mass is 35.5. The maximum atomic E-state index is 12.4. The molecule has 0 unspecified atom stereocenters. The molecule has 176 valence electrons. The lowest BCUT2D eigenvalue weighted by Crippen LogP contribution is -2.24. The number of carbonyl (C=O) groups excluding carboxylic acids is 2. The third-order valence-corrected chi connectivity index (χ3v) is 5.19. The Labute approximate surface area is 206 Å². The Morgan fingerprint density at radius 3 is 2.38 bits per heavy atom. The van der Waals surface area contributed by atoms with E-state index >= 15 is 0 Å². The predicted molar refractivity (Wildman–Crippen MR) is 129 cm³/mol. The van der Waals surface area contributed by atoms with Gasteiger partial charge in [-0.15, -0.1) is 0 Å². The zero-order valence-corrected chi connectivity index (χ0v) is 19.7. The minimum Gasteiger partial charge on any atom is -0.493 e. The maximum Gasteiger partial charge on any atom is 0.343 e. The molecule has 3 rings (SSSR count). The van der Waals surface area contributed by atoms with Crippen LogP contribution in [0.25, 0.3) is 0 Å². The van der Waals surface area contributed by atoms with E-state index in [0.29, 0.717) is 39.1 Å². The molecule has 0 fully saturated rings. The summed E-state index contributed by atoms with van der Waals surface area (Å²) in [6, 6.07) is 16.2. The molecule has 0 spiro atoms. The van der Waals surface area contributed by atoms with Gasteiger partial charge in [-0.2, -0.15) is 5.10 Å². The summed E-state index contributed by atoms with van der Waals surface area (Å²) in [6.07, 6.45) is 1.43. The molecule has 0 saturated carbocycles. The van der Waals surface area contributed by atoms with Crippen molar-refractivity contribution in [2.45, 2.75) is 0 Å². The van der Waals surface area contributed by atoms with E-state index in [2.05, 4.69) is 10.5 Å². The number of hydrogen-bond donors (Lipinski definition) is 1. The molecule has 0 atom stereocenters. The first-order valence-corrected chi connectivity index (χ1v) is 10.6. The van der Waals surface area contributed by atoms with Crippen LogP contribution in [0.1, 0.15) is 15.9 Å². The summed E-state index contributed by atoms with van der Waals surface area (Å²) < 4.78 is 21.1. The molecular weight excluding hydrogens is 483 g/mol. The van der Waals surface area contributed by atoms with Crippen LogP contribution in [0, 0.1) is 0 Å². The molecule has 1 N–H and O–H groups in total. The molecule has 8 nitrogen and oxygen atoms in total. The number of hydrazone groups is 1. The van der Waals surface area contributed by atoms with E-state index in [1.54, 1.807) is 54.6 Å². The highest BCUT2D eigenvalue weighted by Gasteiger charge is 2.13. The number of halogens is 2. The summed E-state index contributed by atoms with van der Waals surface area (Å²) in [6.45, 7) is -0.289. The molecule has 0 bridgehead atoms. The third kappa shape index (κ3) is 6.63. The number of amides is 1. The van der Waals surface area contributed by atoms with Crippen LogP contribution >= 0.6 is 23.2 Å². The number of hydrogen-bond acceptors (Lipinski definition) is 7. The number of methoxy groups -OCH3 is 2. The van der Waals surface area contributed by atoms with Crippen LogP contribution in [-0.2, 0) is 4.79 Å². The van der Waals surface area contributed by atoms with Crippen LogP contribution in [0.2, 0.25) is 10.0 Å². The van der Waals surface area contributed by atoms with Crippen molar-refractivity contribution in [1.29, 1.82) is 0 Å². The van der Waals surface area contributed by atoms with Crippen molar-refractivity contribution in [2.75, 3.05) is 20.8 Å². The highest BCUT2D eigenvalue weighted by molar-refractivity contribution is 6.42. The molecular formula is C24H20Cl2N2O6. The lowest BCUT2D eigenvalue weighted by molar-refractivity contribution is -0.123. The van der Waals surface area contributed by atoms with Gasteiger partial charge in [0.2, 0.25) is 0 Å². The molecule has 10 heteroatoms. The second-order valence-electron chi connectivity index (χ2n) is 6.66. The van der Waals surface area contributed by atoms with Gasteiger partial charge in [0.25, 0.3) is 5.91 Å². The van der Waals surface area contributed by atoms with Gasteiger partial charge in [-0.05, 0) is 60.2 Å². The minimum absolute atomic E-state index is 0.229. The largest absolute Gasteiger partial charge is 0.493 e. The van der Waals surface area contributed by atoms with Crippen LogP contribution in [-0.4, -0.2) is 38.9 Å². The fraction of sp³-hybridized carbons (Fsp3) is 0.125. The number of ether oxygens (including phenoxy) is 4. The second-order valence-corrected chi connectivity index (χ2v) is 7.45. The number of nitrogens with one attached hydrogen (secondary N) is 1. The third-order valence-electron chi connectivity index (χ3n) is 4.39. The molecule has 1 amide bonds. The van der Waals surface area contributed by atoms with E-state index in [1.165, 1.54) is 26.5 Å². The van der Waals surface area contributed by atoms with Crippen molar-refractivity contribution in [3.8, 4) is 23.0 Å². The van der Waals surface area contributed by atoms with Crippen molar-refractivity contribution in [3.63, 3.8) is 0 Å². The van der Waals surface area contributed by atoms with Crippen molar-refractivity contribution in [2.24, 2.45) is 5.10 Å². The summed E-state index contributed by atoms with van der Waals surface area (Å²) in [5, 5.41) is 4.43. The summed E-state index contributed by atoms with van der Waals surface area (Å²) in [5.74, 6) is 0.544. The molecule has 0 aromatic heterocycles. The molecule has 0 saturated heterocycles. The average molecular weight is 503 g/mol. The fourth-order valence-corrected chi connectivity index (χ4v) is 3.05. The van der Waals surface area contributed by atoms with E-state index in [4.69, 9.17) is 42.1 Å². The minimum atomic E-state index is -0.547. The van der Waals surface area contributed by atoms with Crippen LogP contribution in [0.4, 0.5) is 0 Å². The Hall–Kier alpha value is -3.75. The first kappa shape index (κ1) is 24.9. The van der Waals surface area contributed by atoms with Crippen LogP contribution in [0.3, 0.4) is 0 Å². The standard InChI is InChI=1S/C24H20Cl2N2O6/c1-31-19-11-8-16(12-21(19)32-2)24(30)34-17-9-6-15(7-10-17)13-27-28-22(29)14-33-20-5-3-4-18(25)23(20)26/h3-13H,14H2,1-2H3,(H,28,29). The summed E-state index contributed by atoms with van der Waals surface area (Å²) in [4.78, 5) is 24.3. The van der Waals surface area contributed by atoms with Crippen LogP contribution in [0.5, 0.6) is 23.0 Å². The topological polar surface area (TPSA) is 95.5 Å². The van der Waals surface area contributed by atoms with Gasteiger partial charge in [0.15, 0.2) is 18.1 Å². The molecule has 3 aromatic rings. The van der Waals surface area contributed by atoms with Crippen molar-refractivity contribution >= 4 is 41.3 Å². The quantitative estimate of drug-likeness (QED) is 0.196. The van der Waals surface area contributed by atoms with Crippen molar-refractivity contribution in [1.82, 2.24) is 5.43 Å². The number of nitrogens with zero attached hydrogens (tertiary/aromatic N) is 1. The van der Waals surface area contributed by atoms with Crippen LogP contribution in [0.15, 0.2) is 65.8 Å². The van der Waals surface area contributed by atoms with Crippen molar-refractivity contribution < 1.29 is 28.5 Å². The lowest BCUT2D eigenvalue weighted by atomic mass is 10.2. The van der Waals surface area contributed by atoms with Gasteiger partial charge < -0.3 is 18.9 Å². The Morgan fingerprint density at radius 2 is 1.68 bits per heavy atom. The molecule has 0 aliphatic rings.